The molecule has 16 heavy (non-hydrogen) atoms. The summed E-state index contributed by atoms with van der Waals surface area (Å²) in [7, 11) is 1.39. The maximum absolute atomic E-state index is 11.1. The minimum Gasteiger partial charge on any atom is -0.468 e. The van der Waals surface area contributed by atoms with Crippen molar-refractivity contribution in [3.05, 3.63) is 42.0 Å². The lowest BCUT2D eigenvalue weighted by atomic mass is 10.2. The van der Waals surface area contributed by atoms with E-state index in [0.717, 1.165) is 5.56 Å². The number of methoxy groups -OCH3 is 1. The van der Waals surface area contributed by atoms with Crippen molar-refractivity contribution in [1.82, 2.24) is 5.32 Å². The van der Waals surface area contributed by atoms with E-state index < -0.39 is 0 Å². The largest absolute Gasteiger partial charge is 0.468 e. The predicted octanol–water partition coefficient (Wildman–Crippen LogP) is 1.85. The molecule has 0 aliphatic carbocycles. The molecule has 3 heteroatoms. The quantitative estimate of drug-likeness (QED) is 0.768. The Kier molecular flexibility index (Phi) is 5.29. The number of benzene rings is 1. The molecule has 0 bridgehead atoms. The third-order valence-electron chi connectivity index (χ3n) is 2.21. The summed E-state index contributed by atoms with van der Waals surface area (Å²) in [6.07, 6.45) is 3.99. The molecule has 0 saturated heterocycles. The van der Waals surface area contributed by atoms with Gasteiger partial charge in [-0.3, -0.25) is 4.79 Å². The SMILES string of the molecule is COC(=O)[C@H](C)NC/C=C/c1ccccc1. The topological polar surface area (TPSA) is 38.3 Å². The van der Waals surface area contributed by atoms with Crippen molar-refractivity contribution in [2.45, 2.75) is 13.0 Å². The Morgan fingerprint density at radius 2 is 2.12 bits per heavy atom. The maximum atomic E-state index is 11.1. The third kappa shape index (κ3) is 4.28. The first-order chi connectivity index (χ1) is 7.74. The number of hydrogen-bond acceptors (Lipinski definition) is 3. The average molecular weight is 219 g/mol. The van der Waals surface area contributed by atoms with Crippen molar-refractivity contribution in [1.29, 1.82) is 0 Å². The fourth-order valence-electron chi connectivity index (χ4n) is 1.26. The van der Waals surface area contributed by atoms with Crippen molar-refractivity contribution >= 4 is 12.0 Å². The second kappa shape index (κ2) is 6.80. The Balaban J connectivity index is 2.31. The van der Waals surface area contributed by atoms with E-state index in [1.54, 1.807) is 6.92 Å². The molecular formula is C13H17NO2. The van der Waals surface area contributed by atoms with Gasteiger partial charge in [0.25, 0.3) is 0 Å². The first-order valence-corrected chi connectivity index (χ1v) is 5.27. The van der Waals surface area contributed by atoms with Crippen LogP contribution >= 0.6 is 0 Å². The van der Waals surface area contributed by atoms with E-state index in [1.165, 1.54) is 7.11 Å². The summed E-state index contributed by atoms with van der Waals surface area (Å²) < 4.78 is 4.60. The molecule has 0 fully saturated rings. The number of carbonyl (C=O) groups is 1. The van der Waals surface area contributed by atoms with Gasteiger partial charge in [-0.15, -0.1) is 0 Å². The van der Waals surface area contributed by atoms with Crippen LogP contribution in [-0.2, 0) is 9.53 Å². The van der Waals surface area contributed by atoms with E-state index in [0.29, 0.717) is 6.54 Å². The lowest BCUT2D eigenvalue weighted by Gasteiger charge is -2.08. The van der Waals surface area contributed by atoms with Crippen LogP contribution in [0.25, 0.3) is 6.08 Å². The Morgan fingerprint density at radius 1 is 1.44 bits per heavy atom. The zero-order valence-electron chi connectivity index (χ0n) is 9.64. The molecule has 1 atom stereocenters. The van der Waals surface area contributed by atoms with Gasteiger partial charge >= 0.3 is 5.97 Å². The molecule has 0 aliphatic heterocycles. The molecule has 0 aliphatic rings. The highest BCUT2D eigenvalue weighted by molar-refractivity contribution is 5.75. The second-order valence-electron chi connectivity index (χ2n) is 3.47. The van der Waals surface area contributed by atoms with Gasteiger partial charge in [-0.25, -0.2) is 0 Å². The summed E-state index contributed by atoms with van der Waals surface area (Å²) in [6, 6.07) is 9.74. The highest BCUT2D eigenvalue weighted by Crippen LogP contribution is 2.00. The van der Waals surface area contributed by atoms with Crippen molar-refractivity contribution in [2.24, 2.45) is 0 Å². The number of rotatable bonds is 5. The van der Waals surface area contributed by atoms with E-state index in [9.17, 15) is 4.79 Å². The third-order valence-corrected chi connectivity index (χ3v) is 2.21. The fraction of sp³-hybridized carbons (Fsp3) is 0.308. The molecular weight excluding hydrogens is 202 g/mol. The van der Waals surface area contributed by atoms with Crippen LogP contribution in [0.1, 0.15) is 12.5 Å². The molecule has 0 heterocycles. The Hall–Kier alpha value is -1.61. The van der Waals surface area contributed by atoms with Gasteiger partial charge in [0.15, 0.2) is 0 Å². The Bertz CT molecular complexity index is 346. The van der Waals surface area contributed by atoms with Crippen LogP contribution in [0.2, 0.25) is 0 Å². The molecule has 0 spiro atoms. The minimum absolute atomic E-state index is 0.242. The zero-order chi connectivity index (χ0) is 11.8. The number of esters is 1. The van der Waals surface area contributed by atoms with Gasteiger partial charge in [0.2, 0.25) is 0 Å². The minimum atomic E-state index is -0.273. The summed E-state index contributed by atoms with van der Waals surface area (Å²) in [5.41, 5.74) is 1.15. The maximum Gasteiger partial charge on any atom is 0.322 e. The number of hydrogen-bond donors (Lipinski definition) is 1. The zero-order valence-corrected chi connectivity index (χ0v) is 9.64. The molecule has 0 aromatic heterocycles. The summed E-state index contributed by atoms with van der Waals surface area (Å²) >= 11 is 0. The van der Waals surface area contributed by atoms with E-state index >= 15 is 0 Å². The van der Waals surface area contributed by atoms with Crippen molar-refractivity contribution in [2.75, 3.05) is 13.7 Å². The fourth-order valence-corrected chi connectivity index (χ4v) is 1.26. The van der Waals surface area contributed by atoms with Gasteiger partial charge in [0.1, 0.15) is 6.04 Å². The van der Waals surface area contributed by atoms with Gasteiger partial charge in [-0.1, -0.05) is 42.5 Å². The molecule has 1 N–H and O–H groups in total. The smallest absolute Gasteiger partial charge is 0.322 e. The first kappa shape index (κ1) is 12.5. The van der Waals surface area contributed by atoms with E-state index in [2.05, 4.69) is 10.1 Å². The highest BCUT2D eigenvalue weighted by atomic mass is 16.5. The second-order valence-corrected chi connectivity index (χ2v) is 3.47. The van der Waals surface area contributed by atoms with Gasteiger partial charge in [-0.2, -0.15) is 0 Å². The molecule has 0 unspecified atom stereocenters. The first-order valence-electron chi connectivity index (χ1n) is 5.27. The number of nitrogens with one attached hydrogen (secondary N) is 1. The number of carbonyl (C=O) groups excluding carboxylic acids is 1. The van der Waals surface area contributed by atoms with Crippen LogP contribution in [0.4, 0.5) is 0 Å². The lowest BCUT2D eigenvalue weighted by Crippen LogP contribution is -2.34. The monoisotopic (exact) mass is 219 g/mol. The van der Waals surface area contributed by atoms with E-state index in [4.69, 9.17) is 0 Å². The van der Waals surface area contributed by atoms with Gasteiger partial charge in [0.05, 0.1) is 7.11 Å². The van der Waals surface area contributed by atoms with Crippen LogP contribution in [0, 0.1) is 0 Å². The molecule has 3 nitrogen and oxygen atoms in total. The molecule has 1 aromatic rings. The molecule has 0 saturated carbocycles. The Morgan fingerprint density at radius 3 is 2.75 bits per heavy atom. The van der Waals surface area contributed by atoms with Crippen LogP contribution < -0.4 is 5.32 Å². The summed E-state index contributed by atoms with van der Waals surface area (Å²) in [4.78, 5) is 11.1. The van der Waals surface area contributed by atoms with E-state index in [-0.39, 0.29) is 12.0 Å². The van der Waals surface area contributed by atoms with Crippen molar-refractivity contribution < 1.29 is 9.53 Å². The van der Waals surface area contributed by atoms with Crippen LogP contribution in [-0.4, -0.2) is 25.7 Å². The summed E-state index contributed by atoms with van der Waals surface area (Å²) in [6.45, 7) is 2.42. The predicted molar refractivity (Wildman–Crippen MR) is 65.0 cm³/mol. The lowest BCUT2D eigenvalue weighted by molar-refractivity contribution is -0.142. The van der Waals surface area contributed by atoms with Crippen LogP contribution in [0.5, 0.6) is 0 Å². The summed E-state index contributed by atoms with van der Waals surface area (Å²) in [5, 5.41) is 3.04. The van der Waals surface area contributed by atoms with Crippen LogP contribution in [0.15, 0.2) is 36.4 Å². The van der Waals surface area contributed by atoms with Crippen molar-refractivity contribution in [3.63, 3.8) is 0 Å². The molecule has 0 radical (unpaired) electrons. The van der Waals surface area contributed by atoms with Gasteiger partial charge in [0, 0.05) is 6.54 Å². The van der Waals surface area contributed by atoms with Gasteiger partial charge < -0.3 is 10.1 Å². The van der Waals surface area contributed by atoms with Crippen molar-refractivity contribution in [3.8, 4) is 0 Å². The molecule has 0 amide bonds. The molecule has 86 valence electrons. The standard InChI is InChI=1S/C13H17NO2/c1-11(13(15)16-2)14-10-6-9-12-7-4-3-5-8-12/h3-9,11,14H,10H2,1-2H3/b9-6+/t11-/m0/s1. The van der Waals surface area contributed by atoms with Gasteiger partial charge in [-0.05, 0) is 12.5 Å². The molecule has 1 aromatic carbocycles. The average Bonchev–Trinajstić information content (AvgIpc) is 2.34. The van der Waals surface area contributed by atoms with E-state index in [1.807, 2.05) is 42.5 Å². The van der Waals surface area contributed by atoms with Crippen LogP contribution in [0.3, 0.4) is 0 Å². The normalized spacial score (nSPS) is 12.6. The summed E-state index contributed by atoms with van der Waals surface area (Å²) in [5.74, 6) is -0.242. The highest BCUT2D eigenvalue weighted by Gasteiger charge is 2.09. The number of ether oxygens (including phenoxy) is 1. The Labute approximate surface area is 96.1 Å². The molecule has 1 rings (SSSR count).